The molecule has 0 saturated carbocycles. The van der Waals surface area contributed by atoms with Crippen LogP contribution in [0.2, 0.25) is 0 Å². The number of pyridine rings is 1. The Labute approximate surface area is 188 Å². The van der Waals surface area contributed by atoms with Gasteiger partial charge in [0, 0.05) is 43.9 Å². The van der Waals surface area contributed by atoms with Crippen LogP contribution in [0.4, 0.5) is 10.5 Å². The summed E-state index contributed by atoms with van der Waals surface area (Å²) in [5.74, 6) is 0.454. The fraction of sp³-hybridized carbons (Fsp3) is 0.417. The average molecular weight is 437 g/mol. The second-order valence-corrected chi connectivity index (χ2v) is 8.59. The summed E-state index contributed by atoms with van der Waals surface area (Å²) in [7, 11) is 0. The van der Waals surface area contributed by atoms with E-state index < -0.39 is 11.7 Å². The highest BCUT2D eigenvalue weighted by molar-refractivity contribution is 5.95. The molecular formula is C24H28N4O4. The summed E-state index contributed by atoms with van der Waals surface area (Å²) < 4.78 is 11.5. The number of piperidine rings is 1. The molecular weight excluding hydrogens is 408 g/mol. The molecule has 2 amide bonds. The third-order valence-corrected chi connectivity index (χ3v) is 4.92. The standard InChI is InChI=1S/C24H28N4O4/c1-24(2,3)32-23(30)28(19-7-5-4-6-8-19)17-22(29)27-13-10-20(11-14-27)31-21-9-12-26-18(15-21)16-25/h4-9,12,15,20H,10-11,13-14,17H2,1-3H3. The van der Waals surface area contributed by atoms with Gasteiger partial charge >= 0.3 is 6.09 Å². The van der Waals surface area contributed by atoms with Crippen LogP contribution in [-0.2, 0) is 9.53 Å². The Hall–Kier alpha value is -3.60. The number of amides is 2. The molecule has 168 valence electrons. The maximum Gasteiger partial charge on any atom is 0.415 e. The number of anilines is 1. The van der Waals surface area contributed by atoms with Crippen molar-refractivity contribution in [2.45, 2.75) is 45.3 Å². The van der Waals surface area contributed by atoms with Crippen LogP contribution in [0.15, 0.2) is 48.7 Å². The van der Waals surface area contributed by atoms with Gasteiger partial charge in [0.2, 0.25) is 5.91 Å². The first kappa shape index (κ1) is 23.1. The average Bonchev–Trinajstić information content (AvgIpc) is 2.77. The molecule has 2 heterocycles. The van der Waals surface area contributed by atoms with E-state index in [1.807, 2.05) is 24.3 Å². The lowest BCUT2D eigenvalue weighted by atomic mass is 10.1. The maximum absolute atomic E-state index is 13.0. The minimum absolute atomic E-state index is 0.0518. The van der Waals surface area contributed by atoms with Crippen molar-refractivity contribution in [1.29, 1.82) is 5.26 Å². The second kappa shape index (κ2) is 10.1. The fourth-order valence-corrected chi connectivity index (χ4v) is 3.38. The number of rotatable bonds is 5. The molecule has 0 bridgehead atoms. The van der Waals surface area contributed by atoms with Gasteiger partial charge in [-0.3, -0.25) is 9.69 Å². The van der Waals surface area contributed by atoms with Crippen LogP contribution in [0.3, 0.4) is 0 Å². The molecule has 1 fully saturated rings. The Balaban J connectivity index is 1.60. The first-order chi connectivity index (χ1) is 15.2. The van der Waals surface area contributed by atoms with E-state index in [0.29, 0.717) is 43.1 Å². The van der Waals surface area contributed by atoms with E-state index in [1.165, 1.54) is 4.90 Å². The quantitative estimate of drug-likeness (QED) is 0.708. The number of carbonyl (C=O) groups excluding carboxylic acids is 2. The fourth-order valence-electron chi connectivity index (χ4n) is 3.38. The van der Waals surface area contributed by atoms with Crippen LogP contribution in [0.5, 0.6) is 5.75 Å². The summed E-state index contributed by atoms with van der Waals surface area (Å²) in [6.45, 7) is 6.34. The molecule has 0 N–H and O–H groups in total. The molecule has 0 spiro atoms. The number of hydrogen-bond donors (Lipinski definition) is 0. The van der Waals surface area contributed by atoms with E-state index in [1.54, 1.807) is 56.1 Å². The van der Waals surface area contributed by atoms with Gasteiger partial charge in [-0.15, -0.1) is 0 Å². The van der Waals surface area contributed by atoms with Gasteiger partial charge in [-0.1, -0.05) is 18.2 Å². The molecule has 1 aliphatic heterocycles. The third-order valence-electron chi connectivity index (χ3n) is 4.92. The van der Waals surface area contributed by atoms with Gasteiger partial charge in [0.25, 0.3) is 0 Å². The van der Waals surface area contributed by atoms with Crippen molar-refractivity contribution in [2.75, 3.05) is 24.5 Å². The number of carbonyl (C=O) groups is 2. The first-order valence-electron chi connectivity index (χ1n) is 10.6. The van der Waals surface area contributed by atoms with Crippen LogP contribution in [0, 0.1) is 11.3 Å². The molecule has 0 aliphatic carbocycles. The van der Waals surface area contributed by atoms with Crippen LogP contribution >= 0.6 is 0 Å². The third kappa shape index (κ3) is 6.45. The van der Waals surface area contributed by atoms with Gasteiger partial charge in [-0.05, 0) is 39.0 Å². The zero-order valence-electron chi connectivity index (χ0n) is 18.7. The maximum atomic E-state index is 13.0. The first-order valence-corrected chi connectivity index (χ1v) is 10.6. The Bertz CT molecular complexity index is 973. The topological polar surface area (TPSA) is 95.8 Å². The molecule has 0 atom stereocenters. The molecule has 32 heavy (non-hydrogen) atoms. The Morgan fingerprint density at radius 3 is 2.50 bits per heavy atom. The highest BCUT2D eigenvalue weighted by atomic mass is 16.6. The molecule has 1 aromatic carbocycles. The molecule has 0 unspecified atom stereocenters. The number of benzene rings is 1. The van der Waals surface area contributed by atoms with Crippen molar-refractivity contribution < 1.29 is 19.1 Å². The van der Waals surface area contributed by atoms with Gasteiger partial charge < -0.3 is 14.4 Å². The largest absolute Gasteiger partial charge is 0.490 e. The highest BCUT2D eigenvalue weighted by Crippen LogP contribution is 2.21. The van der Waals surface area contributed by atoms with E-state index in [4.69, 9.17) is 14.7 Å². The van der Waals surface area contributed by atoms with Gasteiger partial charge in [0.05, 0.1) is 0 Å². The van der Waals surface area contributed by atoms with Gasteiger partial charge in [0.15, 0.2) is 0 Å². The van der Waals surface area contributed by atoms with E-state index in [-0.39, 0.29) is 18.6 Å². The number of para-hydroxylation sites is 1. The Kier molecular flexibility index (Phi) is 7.31. The molecule has 1 aliphatic rings. The Morgan fingerprint density at radius 2 is 1.88 bits per heavy atom. The molecule has 2 aromatic rings. The van der Waals surface area contributed by atoms with Gasteiger partial charge in [-0.2, -0.15) is 5.26 Å². The number of hydrogen-bond acceptors (Lipinski definition) is 6. The van der Waals surface area contributed by atoms with Gasteiger partial charge in [0.1, 0.15) is 35.8 Å². The number of nitriles is 1. The van der Waals surface area contributed by atoms with Crippen LogP contribution in [0.25, 0.3) is 0 Å². The van der Waals surface area contributed by atoms with Gasteiger partial charge in [-0.25, -0.2) is 9.78 Å². The zero-order chi connectivity index (χ0) is 23.1. The summed E-state index contributed by atoms with van der Waals surface area (Å²) in [4.78, 5) is 32.8. The molecule has 8 nitrogen and oxygen atoms in total. The lowest BCUT2D eigenvalue weighted by Crippen LogP contribution is -2.48. The van der Waals surface area contributed by atoms with Crippen LogP contribution < -0.4 is 9.64 Å². The van der Waals surface area contributed by atoms with Crippen molar-refractivity contribution in [3.05, 3.63) is 54.4 Å². The molecule has 0 radical (unpaired) electrons. The summed E-state index contributed by atoms with van der Waals surface area (Å²) in [5, 5.41) is 8.97. The van der Waals surface area contributed by atoms with Crippen molar-refractivity contribution in [2.24, 2.45) is 0 Å². The predicted molar refractivity (Wildman–Crippen MR) is 119 cm³/mol. The van der Waals surface area contributed by atoms with Crippen molar-refractivity contribution in [1.82, 2.24) is 9.88 Å². The predicted octanol–water partition coefficient (Wildman–Crippen LogP) is 3.76. The Morgan fingerprint density at radius 1 is 1.19 bits per heavy atom. The van der Waals surface area contributed by atoms with Crippen LogP contribution in [-0.4, -0.2) is 53.2 Å². The minimum atomic E-state index is -0.665. The lowest BCUT2D eigenvalue weighted by Gasteiger charge is -2.34. The number of likely N-dealkylation sites (tertiary alicyclic amines) is 1. The van der Waals surface area contributed by atoms with E-state index in [2.05, 4.69) is 4.98 Å². The van der Waals surface area contributed by atoms with E-state index in [9.17, 15) is 9.59 Å². The second-order valence-electron chi connectivity index (χ2n) is 8.59. The van der Waals surface area contributed by atoms with E-state index in [0.717, 1.165) is 0 Å². The summed E-state index contributed by atoms with van der Waals surface area (Å²) >= 11 is 0. The molecule has 8 heteroatoms. The summed E-state index contributed by atoms with van der Waals surface area (Å²) in [6, 6.07) is 14.4. The van der Waals surface area contributed by atoms with E-state index >= 15 is 0 Å². The number of ether oxygens (including phenoxy) is 2. The number of nitrogens with zero attached hydrogens (tertiary/aromatic N) is 4. The molecule has 1 saturated heterocycles. The number of aromatic nitrogens is 1. The summed E-state index contributed by atoms with van der Waals surface area (Å²) in [5.41, 5.74) is 0.249. The van der Waals surface area contributed by atoms with Crippen molar-refractivity contribution in [3.8, 4) is 11.8 Å². The SMILES string of the molecule is CC(C)(C)OC(=O)N(CC(=O)N1CCC(Oc2ccnc(C#N)c2)CC1)c1ccccc1. The van der Waals surface area contributed by atoms with Crippen molar-refractivity contribution in [3.63, 3.8) is 0 Å². The normalized spacial score (nSPS) is 14.4. The zero-order valence-corrected chi connectivity index (χ0v) is 18.7. The lowest BCUT2D eigenvalue weighted by molar-refractivity contribution is -0.131. The van der Waals surface area contributed by atoms with Crippen molar-refractivity contribution >= 4 is 17.7 Å². The molecule has 1 aromatic heterocycles. The smallest absolute Gasteiger partial charge is 0.415 e. The molecule has 3 rings (SSSR count). The van der Waals surface area contributed by atoms with Crippen LogP contribution in [0.1, 0.15) is 39.3 Å². The minimum Gasteiger partial charge on any atom is -0.490 e. The summed E-state index contributed by atoms with van der Waals surface area (Å²) in [6.07, 6.45) is 2.26. The highest BCUT2D eigenvalue weighted by Gasteiger charge is 2.29. The monoisotopic (exact) mass is 436 g/mol.